The number of hydrogen-bond donors (Lipinski definition) is 1. The molecule has 2 aromatic rings. The third-order valence-electron chi connectivity index (χ3n) is 2.92. The maximum Gasteiger partial charge on any atom is 0.128 e. The van der Waals surface area contributed by atoms with Crippen molar-refractivity contribution in [2.24, 2.45) is 0 Å². The number of aliphatic hydroxyl groups excluding tert-OH is 1. The number of hydrogen-bond acceptors (Lipinski definition) is 3. The molecule has 0 unspecified atom stereocenters. The highest BCUT2D eigenvalue weighted by Gasteiger charge is 2.16. The second-order valence-electron chi connectivity index (χ2n) is 4.06. The Morgan fingerprint density at radius 3 is 2.26 bits per heavy atom. The van der Waals surface area contributed by atoms with E-state index in [2.05, 4.69) is 0 Å². The van der Waals surface area contributed by atoms with Crippen molar-refractivity contribution in [1.29, 1.82) is 0 Å². The third-order valence-corrected chi connectivity index (χ3v) is 2.92. The van der Waals surface area contributed by atoms with Gasteiger partial charge in [0.15, 0.2) is 0 Å². The normalized spacial score (nSPS) is 12.0. The predicted molar refractivity (Wildman–Crippen MR) is 70.0 cm³/mol. The molecule has 0 heterocycles. The molecule has 100 valence electrons. The Hall–Kier alpha value is -2.07. The number of benzene rings is 2. The largest absolute Gasteiger partial charge is 0.497 e. The Balaban J connectivity index is 2.37. The van der Waals surface area contributed by atoms with E-state index in [1.807, 2.05) is 0 Å². The highest BCUT2D eigenvalue weighted by molar-refractivity contribution is 5.45. The van der Waals surface area contributed by atoms with Crippen LogP contribution in [-0.4, -0.2) is 19.3 Å². The van der Waals surface area contributed by atoms with Crippen LogP contribution in [0, 0.1) is 5.82 Å². The van der Waals surface area contributed by atoms with Crippen LogP contribution in [0.2, 0.25) is 0 Å². The minimum atomic E-state index is -0.874. The maximum absolute atomic E-state index is 12.9. The zero-order valence-corrected chi connectivity index (χ0v) is 10.8. The lowest BCUT2D eigenvalue weighted by Gasteiger charge is -2.16. The van der Waals surface area contributed by atoms with Crippen LogP contribution < -0.4 is 9.47 Å². The van der Waals surface area contributed by atoms with Crippen LogP contribution in [0.4, 0.5) is 4.39 Å². The van der Waals surface area contributed by atoms with Gasteiger partial charge in [-0.1, -0.05) is 12.1 Å². The Morgan fingerprint density at radius 2 is 1.68 bits per heavy atom. The number of ether oxygens (including phenoxy) is 2. The summed E-state index contributed by atoms with van der Waals surface area (Å²) in [6, 6.07) is 10.9. The standard InChI is InChI=1S/C15H15FO3/c1-18-12-7-8-13(14(9-12)19-2)15(17)10-3-5-11(16)6-4-10/h3-9,15,17H,1-2H3/t15-/m1/s1. The fraction of sp³-hybridized carbons (Fsp3) is 0.200. The summed E-state index contributed by atoms with van der Waals surface area (Å²) in [5.74, 6) is 0.834. The third kappa shape index (κ3) is 2.85. The van der Waals surface area contributed by atoms with Gasteiger partial charge in [0, 0.05) is 11.6 Å². The fourth-order valence-electron chi connectivity index (χ4n) is 1.87. The number of halogens is 1. The van der Waals surface area contributed by atoms with Gasteiger partial charge in [-0.15, -0.1) is 0 Å². The average molecular weight is 262 g/mol. The van der Waals surface area contributed by atoms with Gasteiger partial charge in [-0.05, 0) is 29.8 Å². The van der Waals surface area contributed by atoms with Gasteiger partial charge in [0.2, 0.25) is 0 Å². The first-order chi connectivity index (χ1) is 9.15. The number of aliphatic hydroxyl groups is 1. The van der Waals surface area contributed by atoms with Crippen molar-refractivity contribution in [3.8, 4) is 11.5 Å². The second kappa shape index (κ2) is 5.71. The van der Waals surface area contributed by atoms with Crippen molar-refractivity contribution in [2.45, 2.75) is 6.10 Å². The molecule has 2 aromatic carbocycles. The van der Waals surface area contributed by atoms with Crippen molar-refractivity contribution < 1.29 is 19.0 Å². The zero-order chi connectivity index (χ0) is 13.8. The first-order valence-electron chi connectivity index (χ1n) is 5.81. The number of rotatable bonds is 4. The molecule has 0 aliphatic heterocycles. The van der Waals surface area contributed by atoms with Crippen LogP contribution in [-0.2, 0) is 0 Å². The average Bonchev–Trinajstić information content (AvgIpc) is 2.46. The monoisotopic (exact) mass is 262 g/mol. The van der Waals surface area contributed by atoms with Crippen molar-refractivity contribution in [1.82, 2.24) is 0 Å². The van der Waals surface area contributed by atoms with E-state index in [1.165, 1.54) is 19.2 Å². The van der Waals surface area contributed by atoms with Crippen molar-refractivity contribution in [2.75, 3.05) is 14.2 Å². The Morgan fingerprint density at radius 1 is 1.00 bits per heavy atom. The molecule has 0 saturated carbocycles. The molecule has 0 saturated heterocycles. The molecule has 0 fully saturated rings. The molecule has 1 atom stereocenters. The fourth-order valence-corrected chi connectivity index (χ4v) is 1.87. The lowest BCUT2D eigenvalue weighted by atomic mass is 10.0. The van der Waals surface area contributed by atoms with Gasteiger partial charge in [-0.3, -0.25) is 0 Å². The quantitative estimate of drug-likeness (QED) is 0.920. The molecule has 0 spiro atoms. The lowest BCUT2D eigenvalue weighted by Crippen LogP contribution is -2.02. The Kier molecular flexibility index (Phi) is 4.02. The summed E-state index contributed by atoms with van der Waals surface area (Å²) in [6.45, 7) is 0. The predicted octanol–water partition coefficient (Wildman–Crippen LogP) is 2.92. The summed E-state index contributed by atoms with van der Waals surface area (Å²) in [7, 11) is 3.08. The van der Waals surface area contributed by atoms with Crippen LogP contribution in [0.15, 0.2) is 42.5 Å². The molecule has 0 aliphatic rings. The van der Waals surface area contributed by atoms with E-state index in [9.17, 15) is 9.50 Å². The van der Waals surface area contributed by atoms with E-state index >= 15 is 0 Å². The van der Waals surface area contributed by atoms with Gasteiger partial charge in [-0.25, -0.2) is 4.39 Å². The minimum Gasteiger partial charge on any atom is -0.497 e. The molecule has 4 heteroatoms. The summed E-state index contributed by atoms with van der Waals surface area (Å²) in [4.78, 5) is 0. The van der Waals surface area contributed by atoms with E-state index in [4.69, 9.17) is 9.47 Å². The van der Waals surface area contributed by atoms with Gasteiger partial charge in [-0.2, -0.15) is 0 Å². The topological polar surface area (TPSA) is 38.7 Å². The molecule has 2 rings (SSSR count). The molecule has 0 aromatic heterocycles. The van der Waals surface area contributed by atoms with E-state index in [0.717, 1.165) is 0 Å². The van der Waals surface area contributed by atoms with Crippen LogP contribution in [0.5, 0.6) is 11.5 Å². The Labute approximate surface area is 111 Å². The van der Waals surface area contributed by atoms with Crippen molar-refractivity contribution >= 4 is 0 Å². The molecule has 0 amide bonds. The molecular weight excluding hydrogens is 247 g/mol. The molecular formula is C15H15FO3. The minimum absolute atomic E-state index is 0.336. The lowest BCUT2D eigenvalue weighted by molar-refractivity contribution is 0.214. The molecule has 0 radical (unpaired) electrons. The molecule has 19 heavy (non-hydrogen) atoms. The van der Waals surface area contributed by atoms with Crippen LogP contribution in [0.25, 0.3) is 0 Å². The van der Waals surface area contributed by atoms with Crippen molar-refractivity contribution in [3.05, 3.63) is 59.4 Å². The van der Waals surface area contributed by atoms with E-state index in [1.54, 1.807) is 37.4 Å². The van der Waals surface area contributed by atoms with E-state index in [0.29, 0.717) is 22.6 Å². The van der Waals surface area contributed by atoms with Gasteiger partial charge in [0.25, 0.3) is 0 Å². The molecule has 0 aliphatic carbocycles. The van der Waals surface area contributed by atoms with Crippen LogP contribution >= 0.6 is 0 Å². The Bertz CT molecular complexity index is 552. The summed E-state index contributed by atoms with van der Waals surface area (Å²) in [5.41, 5.74) is 1.21. The van der Waals surface area contributed by atoms with E-state index in [-0.39, 0.29) is 5.82 Å². The SMILES string of the molecule is COc1ccc([C@H](O)c2ccc(F)cc2)c(OC)c1. The highest BCUT2D eigenvalue weighted by Crippen LogP contribution is 2.32. The highest BCUT2D eigenvalue weighted by atomic mass is 19.1. The maximum atomic E-state index is 12.9. The second-order valence-corrected chi connectivity index (χ2v) is 4.06. The van der Waals surface area contributed by atoms with Gasteiger partial charge in [0.1, 0.15) is 23.4 Å². The smallest absolute Gasteiger partial charge is 0.128 e. The summed E-state index contributed by atoms with van der Waals surface area (Å²) in [5, 5.41) is 10.3. The van der Waals surface area contributed by atoms with Crippen LogP contribution in [0.3, 0.4) is 0 Å². The summed E-state index contributed by atoms with van der Waals surface area (Å²) < 4.78 is 23.2. The molecule has 0 bridgehead atoms. The van der Waals surface area contributed by atoms with Gasteiger partial charge >= 0.3 is 0 Å². The van der Waals surface area contributed by atoms with Crippen molar-refractivity contribution in [3.63, 3.8) is 0 Å². The van der Waals surface area contributed by atoms with Crippen LogP contribution in [0.1, 0.15) is 17.2 Å². The summed E-state index contributed by atoms with van der Waals surface area (Å²) >= 11 is 0. The first kappa shape index (κ1) is 13.4. The van der Waals surface area contributed by atoms with Gasteiger partial charge in [0.05, 0.1) is 14.2 Å². The van der Waals surface area contributed by atoms with E-state index < -0.39 is 6.10 Å². The zero-order valence-electron chi connectivity index (χ0n) is 10.8. The van der Waals surface area contributed by atoms with Gasteiger partial charge < -0.3 is 14.6 Å². The molecule has 3 nitrogen and oxygen atoms in total. The molecule has 1 N–H and O–H groups in total. The number of methoxy groups -OCH3 is 2. The first-order valence-corrected chi connectivity index (χ1v) is 5.81. The summed E-state index contributed by atoms with van der Waals surface area (Å²) in [6.07, 6.45) is -0.874.